The summed E-state index contributed by atoms with van der Waals surface area (Å²) in [7, 11) is 1.41. The van der Waals surface area contributed by atoms with Gasteiger partial charge in [-0.2, -0.15) is 0 Å². The van der Waals surface area contributed by atoms with E-state index in [4.69, 9.17) is 15.2 Å². The molecule has 1 aromatic rings. The minimum atomic E-state index is -0.719. The molecule has 5 nitrogen and oxygen atoms in total. The van der Waals surface area contributed by atoms with Gasteiger partial charge < -0.3 is 20.1 Å². The Kier molecular flexibility index (Phi) is 6.33. The topological polar surface area (TPSA) is 64.8 Å². The highest BCUT2D eigenvalue weighted by Gasteiger charge is 2.32. The zero-order valence-electron chi connectivity index (χ0n) is 16.2. The van der Waals surface area contributed by atoms with Crippen LogP contribution in [0.1, 0.15) is 46.1 Å². The van der Waals surface area contributed by atoms with Crippen LogP contribution in [0.5, 0.6) is 0 Å². The minimum Gasteiger partial charge on any atom is -0.468 e. The molecule has 1 saturated heterocycles. The van der Waals surface area contributed by atoms with Crippen molar-refractivity contribution in [3.05, 3.63) is 23.8 Å². The average Bonchev–Trinajstić information content (AvgIpc) is 2.59. The molecule has 1 fully saturated rings. The second kappa shape index (κ2) is 8.09. The van der Waals surface area contributed by atoms with Crippen molar-refractivity contribution in [2.75, 3.05) is 37.5 Å². The lowest BCUT2D eigenvalue weighted by molar-refractivity contribution is -0.146. The summed E-state index contributed by atoms with van der Waals surface area (Å²) in [5.41, 5.74) is 8.33. The summed E-state index contributed by atoms with van der Waals surface area (Å²) in [4.78, 5) is 14.5. The fourth-order valence-electron chi connectivity index (χ4n) is 3.41. The SMILES string of the molecule is COC(=O)C(C)(C)c1ccc(N(CC(C)C)C2CCOCC2)c(N)c1. The van der Waals surface area contributed by atoms with E-state index in [2.05, 4.69) is 18.7 Å². The van der Waals surface area contributed by atoms with E-state index in [0.29, 0.717) is 17.6 Å². The summed E-state index contributed by atoms with van der Waals surface area (Å²) in [6.07, 6.45) is 2.03. The summed E-state index contributed by atoms with van der Waals surface area (Å²) >= 11 is 0. The lowest BCUT2D eigenvalue weighted by Gasteiger charge is -2.38. The van der Waals surface area contributed by atoms with Gasteiger partial charge in [0.2, 0.25) is 0 Å². The van der Waals surface area contributed by atoms with E-state index in [0.717, 1.165) is 43.9 Å². The molecule has 1 aliphatic heterocycles. The summed E-state index contributed by atoms with van der Waals surface area (Å²) in [6, 6.07) is 6.40. The fraction of sp³-hybridized carbons (Fsp3) is 0.650. The first-order chi connectivity index (χ1) is 11.8. The van der Waals surface area contributed by atoms with Crippen LogP contribution in [0.15, 0.2) is 18.2 Å². The van der Waals surface area contributed by atoms with Crippen LogP contribution in [0, 0.1) is 5.92 Å². The van der Waals surface area contributed by atoms with Gasteiger partial charge in [0.05, 0.1) is 23.9 Å². The molecule has 0 amide bonds. The van der Waals surface area contributed by atoms with Crippen molar-refractivity contribution >= 4 is 17.3 Å². The van der Waals surface area contributed by atoms with Gasteiger partial charge in [0, 0.05) is 25.8 Å². The van der Waals surface area contributed by atoms with E-state index in [1.807, 2.05) is 32.0 Å². The maximum absolute atomic E-state index is 12.1. The Morgan fingerprint density at radius 1 is 1.36 bits per heavy atom. The molecular formula is C20H32N2O3. The zero-order chi connectivity index (χ0) is 18.6. The Hall–Kier alpha value is -1.75. The van der Waals surface area contributed by atoms with Crippen molar-refractivity contribution in [3.8, 4) is 0 Å². The van der Waals surface area contributed by atoms with Crippen LogP contribution in [0.2, 0.25) is 0 Å². The number of ether oxygens (including phenoxy) is 2. The van der Waals surface area contributed by atoms with Gasteiger partial charge in [0.1, 0.15) is 0 Å². The molecule has 2 N–H and O–H groups in total. The minimum absolute atomic E-state index is 0.261. The number of nitrogens with two attached hydrogens (primary N) is 1. The molecule has 0 atom stereocenters. The van der Waals surface area contributed by atoms with Gasteiger partial charge in [0.25, 0.3) is 0 Å². The highest BCUT2D eigenvalue weighted by molar-refractivity contribution is 5.83. The first kappa shape index (κ1) is 19.6. The molecule has 0 aromatic heterocycles. The smallest absolute Gasteiger partial charge is 0.315 e. The number of methoxy groups -OCH3 is 1. The van der Waals surface area contributed by atoms with E-state index in [1.165, 1.54) is 7.11 Å². The summed E-state index contributed by atoms with van der Waals surface area (Å²) in [5.74, 6) is 0.275. The van der Waals surface area contributed by atoms with Gasteiger partial charge in [0.15, 0.2) is 0 Å². The third-order valence-electron chi connectivity index (χ3n) is 4.95. The lowest BCUT2D eigenvalue weighted by atomic mass is 9.84. The molecule has 1 heterocycles. The van der Waals surface area contributed by atoms with Crippen molar-refractivity contribution in [2.45, 2.75) is 52.0 Å². The van der Waals surface area contributed by atoms with E-state index < -0.39 is 5.41 Å². The Labute approximate surface area is 151 Å². The van der Waals surface area contributed by atoms with Gasteiger partial charge in [-0.05, 0) is 50.3 Å². The third kappa shape index (κ3) is 4.46. The summed E-state index contributed by atoms with van der Waals surface area (Å²) in [6.45, 7) is 10.7. The van der Waals surface area contributed by atoms with E-state index in [1.54, 1.807) is 0 Å². The number of esters is 1. The third-order valence-corrected chi connectivity index (χ3v) is 4.95. The Bertz CT molecular complexity index is 593. The van der Waals surface area contributed by atoms with Gasteiger partial charge in [-0.1, -0.05) is 19.9 Å². The van der Waals surface area contributed by atoms with Gasteiger partial charge in [-0.15, -0.1) is 0 Å². The van der Waals surface area contributed by atoms with Crippen LogP contribution in [0.3, 0.4) is 0 Å². The molecule has 0 unspecified atom stereocenters. The first-order valence-corrected chi connectivity index (χ1v) is 9.10. The number of rotatable bonds is 6. The molecular weight excluding hydrogens is 316 g/mol. The zero-order valence-corrected chi connectivity index (χ0v) is 16.2. The molecule has 5 heteroatoms. The van der Waals surface area contributed by atoms with Crippen molar-refractivity contribution in [3.63, 3.8) is 0 Å². The van der Waals surface area contributed by atoms with E-state index in [-0.39, 0.29) is 5.97 Å². The highest BCUT2D eigenvalue weighted by atomic mass is 16.5. The molecule has 0 radical (unpaired) electrons. The highest BCUT2D eigenvalue weighted by Crippen LogP contribution is 2.34. The number of nitrogen functional groups attached to an aromatic ring is 1. The molecule has 0 bridgehead atoms. The summed E-state index contributed by atoms with van der Waals surface area (Å²) in [5, 5.41) is 0. The van der Waals surface area contributed by atoms with Gasteiger partial charge in [-0.3, -0.25) is 4.79 Å². The van der Waals surface area contributed by atoms with Crippen LogP contribution in [0.4, 0.5) is 11.4 Å². The number of nitrogens with zero attached hydrogens (tertiary/aromatic N) is 1. The quantitative estimate of drug-likeness (QED) is 0.631. The standard InChI is InChI=1S/C20H32N2O3/c1-14(2)13-22(16-8-10-25-11-9-16)18-7-6-15(12-17(18)21)20(3,4)19(23)24-5/h6-7,12,14,16H,8-11,13,21H2,1-5H3. The molecule has 140 valence electrons. The number of benzene rings is 1. The first-order valence-electron chi connectivity index (χ1n) is 9.10. The molecule has 1 aromatic carbocycles. The number of hydrogen-bond acceptors (Lipinski definition) is 5. The second-order valence-electron chi connectivity index (χ2n) is 7.78. The van der Waals surface area contributed by atoms with Crippen molar-refractivity contribution in [1.82, 2.24) is 0 Å². The molecule has 0 aliphatic carbocycles. The number of carbonyl (C=O) groups excluding carboxylic acids is 1. The van der Waals surface area contributed by atoms with Crippen LogP contribution in [-0.4, -0.2) is 38.9 Å². The number of anilines is 2. The fourth-order valence-corrected chi connectivity index (χ4v) is 3.41. The second-order valence-corrected chi connectivity index (χ2v) is 7.78. The monoisotopic (exact) mass is 348 g/mol. The normalized spacial score (nSPS) is 16.1. The van der Waals surface area contributed by atoms with Crippen LogP contribution < -0.4 is 10.6 Å². The predicted molar refractivity (Wildman–Crippen MR) is 102 cm³/mol. The van der Waals surface area contributed by atoms with E-state index >= 15 is 0 Å². The molecule has 1 aliphatic rings. The molecule has 25 heavy (non-hydrogen) atoms. The van der Waals surface area contributed by atoms with Crippen LogP contribution >= 0.6 is 0 Å². The summed E-state index contributed by atoms with van der Waals surface area (Å²) < 4.78 is 10.4. The number of hydrogen-bond donors (Lipinski definition) is 1. The average molecular weight is 348 g/mol. The Morgan fingerprint density at radius 2 is 2.00 bits per heavy atom. The Morgan fingerprint density at radius 3 is 2.52 bits per heavy atom. The van der Waals surface area contributed by atoms with Crippen LogP contribution in [-0.2, 0) is 19.7 Å². The lowest BCUT2D eigenvalue weighted by Crippen LogP contribution is -2.42. The van der Waals surface area contributed by atoms with Crippen molar-refractivity contribution < 1.29 is 14.3 Å². The molecule has 0 spiro atoms. The largest absolute Gasteiger partial charge is 0.468 e. The van der Waals surface area contributed by atoms with Crippen molar-refractivity contribution in [1.29, 1.82) is 0 Å². The molecule has 0 saturated carbocycles. The van der Waals surface area contributed by atoms with Gasteiger partial charge >= 0.3 is 5.97 Å². The Balaban J connectivity index is 2.33. The maximum atomic E-state index is 12.1. The van der Waals surface area contributed by atoms with Gasteiger partial charge in [-0.25, -0.2) is 0 Å². The predicted octanol–water partition coefficient (Wildman–Crippen LogP) is 3.36. The van der Waals surface area contributed by atoms with Crippen molar-refractivity contribution in [2.24, 2.45) is 5.92 Å². The van der Waals surface area contributed by atoms with Crippen LogP contribution in [0.25, 0.3) is 0 Å². The molecule has 2 rings (SSSR count). The number of carbonyl (C=O) groups is 1. The van der Waals surface area contributed by atoms with E-state index in [9.17, 15) is 4.79 Å². The maximum Gasteiger partial charge on any atom is 0.315 e.